The van der Waals surface area contributed by atoms with Crippen LogP contribution in [0.2, 0.25) is 0 Å². The zero-order valence-electron chi connectivity index (χ0n) is 18.8. The normalized spacial score (nSPS) is 26.2. The van der Waals surface area contributed by atoms with Gasteiger partial charge in [-0.25, -0.2) is 13.4 Å². The molecule has 182 valence electrons. The van der Waals surface area contributed by atoms with E-state index in [9.17, 15) is 23.3 Å². The molecule has 5 atom stereocenters. The minimum Gasteiger partial charge on any atom is -0.465 e. The van der Waals surface area contributed by atoms with Crippen LogP contribution in [0.25, 0.3) is 0 Å². The third kappa shape index (κ3) is 4.78. The maximum atomic E-state index is 13.7. The van der Waals surface area contributed by atoms with E-state index in [0.29, 0.717) is 13.0 Å². The van der Waals surface area contributed by atoms with Crippen molar-refractivity contribution in [1.29, 1.82) is 4.78 Å². The first kappa shape index (κ1) is 24.2. The van der Waals surface area contributed by atoms with E-state index in [1.807, 2.05) is 24.3 Å². The number of amides is 2. The van der Waals surface area contributed by atoms with E-state index in [2.05, 4.69) is 5.32 Å². The lowest BCUT2D eigenvalue weighted by molar-refractivity contribution is -0.149. The molecule has 2 heterocycles. The topological polar surface area (TPSA) is 120 Å². The number of ether oxygens (including phenoxy) is 1. The van der Waals surface area contributed by atoms with E-state index in [1.165, 1.54) is 12.1 Å². The number of hydrogen-bond donors (Lipinski definition) is 3. The zero-order chi connectivity index (χ0) is 24.5. The fourth-order valence-corrected chi connectivity index (χ4v) is 6.28. The van der Waals surface area contributed by atoms with Gasteiger partial charge in [0.05, 0.1) is 33.7 Å². The lowest BCUT2D eigenvalue weighted by Gasteiger charge is -2.42. The summed E-state index contributed by atoms with van der Waals surface area (Å²) >= 11 is 0. The van der Waals surface area contributed by atoms with Crippen molar-refractivity contribution in [1.82, 2.24) is 10.2 Å². The van der Waals surface area contributed by atoms with Gasteiger partial charge in [-0.05, 0) is 35.2 Å². The second-order valence-electron chi connectivity index (χ2n) is 8.60. The van der Waals surface area contributed by atoms with Crippen LogP contribution in [0.3, 0.4) is 0 Å². The van der Waals surface area contributed by atoms with Gasteiger partial charge in [0, 0.05) is 18.7 Å². The van der Waals surface area contributed by atoms with Crippen LogP contribution in [0, 0.1) is 10.6 Å². The minimum atomic E-state index is -3.10. The number of hydrogen-bond acceptors (Lipinski definition) is 5. The molecule has 0 saturated carbocycles. The SMILES string of the molecule is CCS(=N)(=O)C1COC(C(=O)N2CCc3ccccc3C2c2ccc(F)cc2)CC1NC(=O)O. The summed E-state index contributed by atoms with van der Waals surface area (Å²) in [6.07, 6.45) is -1.62. The molecule has 2 aliphatic heterocycles. The largest absolute Gasteiger partial charge is 0.465 e. The van der Waals surface area contributed by atoms with Crippen molar-refractivity contribution < 1.29 is 28.0 Å². The molecule has 0 aromatic heterocycles. The number of fused-ring (bicyclic) bond motifs is 1. The summed E-state index contributed by atoms with van der Waals surface area (Å²) in [5.74, 6) is -0.621. The van der Waals surface area contributed by atoms with Crippen LogP contribution < -0.4 is 5.32 Å². The van der Waals surface area contributed by atoms with E-state index in [1.54, 1.807) is 24.0 Å². The highest BCUT2D eigenvalue weighted by molar-refractivity contribution is 7.93. The molecule has 0 bridgehead atoms. The highest BCUT2D eigenvalue weighted by Gasteiger charge is 2.43. The first-order chi connectivity index (χ1) is 16.2. The Kier molecular flexibility index (Phi) is 6.90. The fraction of sp³-hybridized carbons (Fsp3) is 0.417. The smallest absolute Gasteiger partial charge is 0.404 e. The van der Waals surface area contributed by atoms with Gasteiger partial charge in [0.15, 0.2) is 0 Å². The number of halogens is 1. The number of benzene rings is 2. The maximum Gasteiger partial charge on any atom is 0.404 e. The van der Waals surface area contributed by atoms with Crippen molar-refractivity contribution in [3.63, 3.8) is 0 Å². The van der Waals surface area contributed by atoms with Gasteiger partial charge in [0.1, 0.15) is 11.9 Å². The van der Waals surface area contributed by atoms with Crippen LogP contribution in [-0.4, -0.2) is 62.5 Å². The van der Waals surface area contributed by atoms with Crippen molar-refractivity contribution in [3.8, 4) is 0 Å². The molecule has 0 spiro atoms. The average molecular weight is 490 g/mol. The first-order valence-electron chi connectivity index (χ1n) is 11.2. The van der Waals surface area contributed by atoms with Gasteiger partial charge >= 0.3 is 6.09 Å². The lowest BCUT2D eigenvalue weighted by Crippen LogP contribution is -2.57. The summed E-state index contributed by atoms with van der Waals surface area (Å²) in [4.78, 5) is 26.8. The van der Waals surface area contributed by atoms with Crippen LogP contribution in [0.4, 0.5) is 9.18 Å². The van der Waals surface area contributed by atoms with Gasteiger partial charge in [-0.1, -0.05) is 43.3 Å². The Bertz CT molecular complexity index is 1170. The predicted octanol–water partition coefficient (Wildman–Crippen LogP) is 3.16. The molecule has 4 rings (SSSR count). The van der Waals surface area contributed by atoms with Crippen LogP contribution >= 0.6 is 0 Å². The Morgan fingerprint density at radius 2 is 1.94 bits per heavy atom. The van der Waals surface area contributed by atoms with Gasteiger partial charge in [-0.2, -0.15) is 0 Å². The molecule has 0 radical (unpaired) electrons. The van der Waals surface area contributed by atoms with Crippen LogP contribution in [0.15, 0.2) is 48.5 Å². The Morgan fingerprint density at radius 3 is 2.62 bits per heavy atom. The lowest BCUT2D eigenvalue weighted by atomic mass is 9.87. The number of nitrogens with one attached hydrogen (secondary N) is 2. The van der Waals surface area contributed by atoms with Gasteiger partial charge < -0.3 is 20.1 Å². The van der Waals surface area contributed by atoms with Crippen molar-refractivity contribution in [3.05, 3.63) is 71.0 Å². The molecule has 0 aliphatic carbocycles. The van der Waals surface area contributed by atoms with Gasteiger partial charge in [0.25, 0.3) is 5.91 Å². The number of carbonyl (C=O) groups is 2. The first-order valence-corrected chi connectivity index (χ1v) is 13.0. The molecule has 1 fully saturated rings. The summed E-state index contributed by atoms with van der Waals surface area (Å²) in [5, 5.41) is 10.8. The highest BCUT2D eigenvalue weighted by Crippen LogP contribution is 2.36. The molecule has 2 aliphatic rings. The molecule has 2 aromatic carbocycles. The summed E-state index contributed by atoms with van der Waals surface area (Å²) in [6, 6.07) is 12.6. The number of rotatable bonds is 5. The molecule has 5 unspecified atom stereocenters. The fourth-order valence-electron chi connectivity index (χ4n) is 4.84. The second kappa shape index (κ2) is 9.71. The molecular formula is C24H28FN3O5S. The van der Waals surface area contributed by atoms with Gasteiger partial charge in [-0.15, -0.1) is 0 Å². The van der Waals surface area contributed by atoms with Gasteiger partial charge in [-0.3, -0.25) is 9.57 Å². The Morgan fingerprint density at radius 1 is 1.24 bits per heavy atom. The molecule has 1 saturated heterocycles. The monoisotopic (exact) mass is 489 g/mol. The van der Waals surface area contributed by atoms with Gasteiger partial charge in [0.2, 0.25) is 0 Å². The van der Waals surface area contributed by atoms with E-state index < -0.39 is 39.3 Å². The highest BCUT2D eigenvalue weighted by atomic mass is 32.2. The van der Waals surface area contributed by atoms with Crippen LogP contribution in [0.1, 0.15) is 36.1 Å². The number of carboxylic acid groups (broad SMARTS) is 1. The van der Waals surface area contributed by atoms with Crippen LogP contribution in [0.5, 0.6) is 0 Å². The minimum absolute atomic E-state index is 0.0139. The number of nitrogens with zero attached hydrogens (tertiary/aromatic N) is 1. The van der Waals surface area contributed by atoms with Crippen molar-refractivity contribution in [2.45, 2.75) is 43.2 Å². The Labute approximate surface area is 198 Å². The zero-order valence-corrected chi connectivity index (χ0v) is 19.6. The molecule has 3 N–H and O–H groups in total. The van der Waals surface area contributed by atoms with E-state index in [-0.39, 0.29) is 30.5 Å². The standard InChI is InChI=1S/C24H28FN3O5S/c1-2-34(26,32)21-14-33-20(13-19(21)27-24(30)31)23(29)28-12-11-15-5-3-4-6-18(15)22(28)16-7-9-17(25)10-8-16/h3-10,19-22,26-27H,2,11-14H2,1H3,(H,30,31). The molecule has 2 amide bonds. The van der Waals surface area contributed by atoms with E-state index in [4.69, 9.17) is 9.52 Å². The third-order valence-electron chi connectivity index (χ3n) is 6.63. The summed E-state index contributed by atoms with van der Waals surface area (Å²) in [5.41, 5.74) is 2.81. The van der Waals surface area contributed by atoms with Crippen LogP contribution in [-0.2, 0) is 25.7 Å². The van der Waals surface area contributed by atoms with Crippen molar-refractivity contribution in [2.24, 2.45) is 0 Å². The predicted molar refractivity (Wildman–Crippen MR) is 125 cm³/mol. The van der Waals surface area contributed by atoms with E-state index >= 15 is 0 Å². The average Bonchev–Trinajstić information content (AvgIpc) is 2.83. The Hall–Kier alpha value is -2.98. The molecule has 2 aromatic rings. The van der Waals surface area contributed by atoms with E-state index in [0.717, 1.165) is 16.7 Å². The quantitative estimate of drug-likeness (QED) is 0.596. The molecular weight excluding hydrogens is 461 g/mol. The Balaban J connectivity index is 1.64. The molecule has 10 heteroatoms. The van der Waals surface area contributed by atoms with Crippen molar-refractivity contribution >= 4 is 21.7 Å². The third-order valence-corrected chi connectivity index (χ3v) is 8.93. The summed E-state index contributed by atoms with van der Waals surface area (Å²) < 4.78 is 40.3. The molecule has 34 heavy (non-hydrogen) atoms. The second-order valence-corrected chi connectivity index (χ2v) is 11.2. The summed E-state index contributed by atoms with van der Waals surface area (Å²) in [7, 11) is -3.10. The maximum absolute atomic E-state index is 13.7. The van der Waals surface area contributed by atoms with Crippen molar-refractivity contribution in [2.75, 3.05) is 18.9 Å². The summed E-state index contributed by atoms with van der Waals surface area (Å²) in [6.45, 7) is 1.88. The number of carbonyl (C=O) groups excluding carboxylic acids is 1. The molecule has 8 nitrogen and oxygen atoms in total.